The summed E-state index contributed by atoms with van der Waals surface area (Å²) in [5, 5.41) is 1.95. The molecule has 0 saturated carbocycles. The van der Waals surface area contributed by atoms with Gasteiger partial charge in [0.05, 0.1) is 19.8 Å². The van der Waals surface area contributed by atoms with Gasteiger partial charge in [-0.3, -0.25) is 4.84 Å². The first-order chi connectivity index (χ1) is 4.43. The number of rotatable bonds is 2. The van der Waals surface area contributed by atoms with Crippen LogP contribution >= 0.6 is 12.4 Å². The van der Waals surface area contributed by atoms with Crippen LogP contribution in [-0.4, -0.2) is 38.0 Å². The second-order valence-electron chi connectivity index (χ2n) is 1.96. The topological polar surface area (TPSA) is 56.7 Å². The second-order valence-corrected chi connectivity index (χ2v) is 1.96. The monoisotopic (exact) mass is 184 g/mol. The highest BCUT2D eigenvalue weighted by molar-refractivity contribution is 5.85. The Kier molecular flexibility index (Phi) is 10.2. The minimum absolute atomic E-state index is 0. The average Bonchev–Trinajstić information content (AvgIpc) is 1.91. The number of hydroxylamine groups is 2. The highest BCUT2D eigenvalue weighted by Crippen LogP contribution is 1.95. The normalized spacial score (nSPS) is 18.3. The zero-order valence-electron chi connectivity index (χ0n) is 6.91. The fourth-order valence-electron chi connectivity index (χ4n) is 0.858. The summed E-state index contributed by atoms with van der Waals surface area (Å²) in [7, 11) is 0. The third-order valence-electron chi connectivity index (χ3n) is 1.28. The van der Waals surface area contributed by atoms with Crippen molar-refractivity contribution in [3.63, 3.8) is 0 Å². The van der Waals surface area contributed by atoms with E-state index in [1.807, 2.05) is 12.0 Å². The number of hydrogen-bond donors (Lipinski definition) is 1. The highest BCUT2D eigenvalue weighted by atomic mass is 35.5. The van der Waals surface area contributed by atoms with E-state index in [1.165, 1.54) is 0 Å². The molecule has 1 aliphatic rings. The van der Waals surface area contributed by atoms with E-state index in [2.05, 4.69) is 0 Å². The van der Waals surface area contributed by atoms with Gasteiger partial charge in [0.1, 0.15) is 0 Å². The first kappa shape index (κ1) is 13.7. The van der Waals surface area contributed by atoms with Gasteiger partial charge in [-0.1, -0.05) is 0 Å². The van der Waals surface area contributed by atoms with Crippen molar-refractivity contribution in [2.24, 2.45) is 0 Å². The lowest BCUT2D eigenvalue weighted by Gasteiger charge is -2.24. The molecule has 0 bridgehead atoms. The van der Waals surface area contributed by atoms with Crippen LogP contribution < -0.4 is 6.15 Å². The van der Waals surface area contributed by atoms with Crippen LogP contribution in [0.2, 0.25) is 0 Å². The summed E-state index contributed by atoms with van der Waals surface area (Å²) >= 11 is 0. The molecule has 1 heterocycles. The van der Waals surface area contributed by atoms with Crippen molar-refractivity contribution in [1.82, 2.24) is 11.2 Å². The van der Waals surface area contributed by atoms with Crippen molar-refractivity contribution in [3.8, 4) is 0 Å². The van der Waals surface area contributed by atoms with Gasteiger partial charge in [0.2, 0.25) is 0 Å². The number of hydrogen-bond acceptors (Lipinski definition) is 4. The fourth-order valence-corrected chi connectivity index (χ4v) is 0.858. The lowest BCUT2D eigenvalue weighted by atomic mass is 10.5. The molecule has 0 atom stereocenters. The van der Waals surface area contributed by atoms with Crippen LogP contribution in [0.3, 0.4) is 0 Å². The third kappa shape index (κ3) is 5.41. The Morgan fingerprint density at radius 3 is 2.36 bits per heavy atom. The largest absolute Gasteiger partial charge is 0.379 e. The molecule has 0 spiro atoms. The van der Waals surface area contributed by atoms with Gasteiger partial charge >= 0.3 is 0 Å². The first-order valence-electron chi connectivity index (χ1n) is 3.39. The van der Waals surface area contributed by atoms with Crippen molar-refractivity contribution >= 4 is 12.4 Å². The Morgan fingerprint density at radius 1 is 1.36 bits per heavy atom. The maximum Gasteiger partial charge on any atom is 0.0656 e. The third-order valence-corrected chi connectivity index (χ3v) is 1.28. The predicted octanol–water partition coefficient (Wildman–Crippen LogP) is 0.854. The Hall–Kier alpha value is 0.130. The SMILES string of the molecule is CCON1CCOCC1.Cl.N. The van der Waals surface area contributed by atoms with Crippen molar-refractivity contribution in [2.75, 3.05) is 32.9 Å². The molecule has 4 nitrogen and oxygen atoms in total. The summed E-state index contributed by atoms with van der Waals surface area (Å²) < 4.78 is 5.12. The molecule has 0 aromatic carbocycles. The molecule has 3 N–H and O–H groups in total. The predicted molar refractivity (Wildman–Crippen MR) is 46.3 cm³/mol. The van der Waals surface area contributed by atoms with Crippen LogP contribution in [0.5, 0.6) is 0 Å². The van der Waals surface area contributed by atoms with Crippen LogP contribution in [0.15, 0.2) is 0 Å². The van der Waals surface area contributed by atoms with E-state index in [4.69, 9.17) is 9.57 Å². The molecule has 1 aliphatic heterocycles. The molecule has 11 heavy (non-hydrogen) atoms. The molecular weight excluding hydrogens is 168 g/mol. The van der Waals surface area contributed by atoms with E-state index in [0.717, 1.165) is 32.9 Å². The molecule has 5 heteroatoms. The Morgan fingerprint density at radius 2 is 1.91 bits per heavy atom. The van der Waals surface area contributed by atoms with Gasteiger partial charge in [-0.2, -0.15) is 5.06 Å². The van der Waals surface area contributed by atoms with Crippen molar-refractivity contribution in [3.05, 3.63) is 0 Å². The van der Waals surface area contributed by atoms with Gasteiger partial charge in [-0.05, 0) is 6.92 Å². The quantitative estimate of drug-likeness (QED) is 0.692. The second kappa shape index (κ2) is 8.23. The standard InChI is InChI=1S/C6H13NO2.ClH.H3N/c1-2-9-7-3-5-8-6-4-7;;/h2-6H2,1H3;1H;1H3. The summed E-state index contributed by atoms with van der Waals surface area (Å²) in [6.45, 7) is 6.19. The number of nitrogens with zero attached hydrogens (tertiary/aromatic N) is 1. The molecule has 0 aromatic heterocycles. The smallest absolute Gasteiger partial charge is 0.0656 e. The van der Waals surface area contributed by atoms with E-state index in [9.17, 15) is 0 Å². The van der Waals surface area contributed by atoms with E-state index in [-0.39, 0.29) is 18.6 Å². The lowest BCUT2D eigenvalue weighted by molar-refractivity contribution is -0.190. The van der Waals surface area contributed by atoms with E-state index < -0.39 is 0 Å². The maximum absolute atomic E-state index is 5.24. The van der Waals surface area contributed by atoms with Gasteiger partial charge < -0.3 is 10.9 Å². The van der Waals surface area contributed by atoms with Crippen molar-refractivity contribution in [2.45, 2.75) is 6.92 Å². The number of morpholine rings is 1. The van der Waals surface area contributed by atoms with Crippen LogP contribution in [0, 0.1) is 0 Å². The molecule has 0 amide bonds. The minimum atomic E-state index is 0. The van der Waals surface area contributed by atoms with Gasteiger partial charge in [0, 0.05) is 13.1 Å². The molecule has 0 radical (unpaired) electrons. The molecule has 0 aromatic rings. The first-order valence-corrected chi connectivity index (χ1v) is 3.39. The van der Waals surface area contributed by atoms with Gasteiger partial charge in [0.25, 0.3) is 0 Å². The molecular formula is C6H17ClN2O2. The fraction of sp³-hybridized carbons (Fsp3) is 1.00. The van der Waals surface area contributed by atoms with Gasteiger partial charge in [-0.15, -0.1) is 12.4 Å². The van der Waals surface area contributed by atoms with E-state index in [1.54, 1.807) is 0 Å². The number of ether oxygens (including phenoxy) is 1. The minimum Gasteiger partial charge on any atom is -0.379 e. The average molecular weight is 185 g/mol. The zero-order valence-corrected chi connectivity index (χ0v) is 7.73. The highest BCUT2D eigenvalue weighted by Gasteiger charge is 2.08. The maximum atomic E-state index is 5.24. The molecule has 0 unspecified atom stereocenters. The van der Waals surface area contributed by atoms with E-state index >= 15 is 0 Å². The molecule has 1 fully saturated rings. The summed E-state index contributed by atoms with van der Waals surface area (Å²) in [4.78, 5) is 5.24. The Bertz CT molecular complexity index is 76.2. The summed E-state index contributed by atoms with van der Waals surface area (Å²) in [6, 6.07) is 0. The van der Waals surface area contributed by atoms with Crippen molar-refractivity contribution in [1.29, 1.82) is 0 Å². The zero-order chi connectivity index (χ0) is 6.53. The van der Waals surface area contributed by atoms with Crippen LogP contribution in [0.25, 0.3) is 0 Å². The van der Waals surface area contributed by atoms with Crippen LogP contribution in [0.4, 0.5) is 0 Å². The Labute approximate surface area is 73.8 Å². The molecule has 70 valence electrons. The summed E-state index contributed by atoms with van der Waals surface area (Å²) in [6.07, 6.45) is 0. The van der Waals surface area contributed by atoms with Crippen LogP contribution in [-0.2, 0) is 9.57 Å². The van der Waals surface area contributed by atoms with Gasteiger partial charge in [-0.25, -0.2) is 0 Å². The number of halogens is 1. The molecule has 1 saturated heterocycles. The van der Waals surface area contributed by atoms with Gasteiger partial charge in [0.15, 0.2) is 0 Å². The summed E-state index contributed by atoms with van der Waals surface area (Å²) in [5.41, 5.74) is 0. The van der Waals surface area contributed by atoms with E-state index in [0.29, 0.717) is 0 Å². The van der Waals surface area contributed by atoms with Crippen LogP contribution in [0.1, 0.15) is 6.92 Å². The summed E-state index contributed by atoms with van der Waals surface area (Å²) in [5.74, 6) is 0. The Balaban J connectivity index is 0. The lowest BCUT2D eigenvalue weighted by Crippen LogP contribution is -2.36. The molecule has 0 aliphatic carbocycles. The van der Waals surface area contributed by atoms with Crippen molar-refractivity contribution < 1.29 is 9.57 Å². The molecule has 1 rings (SSSR count).